The third-order valence-corrected chi connectivity index (χ3v) is 4.33. The van der Waals surface area contributed by atoms with Gasteiger partial charge in [0.2, 0.25) is 5.91 Å². The molecule has 110 valence electrons. The lowest BCUT2D eigenvalue weighted by Gasteiger charge is -2.22. The Hall–Kier alpha value is -1.20. The molecule has 0 spiro atoms. The fourth-order valence-corrected chi connectivity index (χ4v) is 3.31. The van der Waals surface area contributed by atoms with Gasteiger partial charge in [-0.05, 0) is 30.7 Å². The Morgan fingerprint density at radius 3 is 3.15 bits per heavy atom. The first-order valence-corrected chi connectivity index (χ1v) is 8.21. The Bertz CT molecular complexity index is 434. The van der Waals surface area contributed by atoms with Gasteiger partial charge in [-0.1, -0.05) is 6.07 Å². The molecule has 1 aromatic rings. The molecule has 1 aromatic carbocycles. The number of carbonyl (C=O) groups excluding carboxylic acids is 1. The fourth-order valence-electron chi connectivity index (χ4n) is 2.20. The van der Waals surface area contributed by atoms with Crippen LogP contribution in [0.25, 0.3) is 0 Å². The summed E-state index contributed by atoms with van der Waals surface area (Å²) < 4.78 is 5.70. The number of amides is 1. The van der Waals surface area contributed by atoms with E-state index in [0.717, 1.165) is 18.0 Å². The molecule has 4 nitrogen and oxygen atoms in total. The van der Waals surface area contributed by atoms with Gasteiger partial charge in [0.1, 0.15) is 12.4 Å². The molecule has 20 heavy (non-hydrogen) atoms. The van der Waals surface area contributed by atoms with Crippen LogP contribution in [0.5, 0.6) is 5.75 Å². The Morgan fingerprint density at radius 2 is 2.40 bits per heavy atom. The second-order valence-corrected chi connectivity index (χ2v) is 6.08. The minimum Gasteiger partial charge on any atom is -0.492 e. The van der Waals surface area contributed by atoms with E-state index in [1.807, 2.05) is 36.0 Å². The monoisotopic (exact) mass is 294 g/mol. The zero-order chi connectivity index (χ0) is 14.2. The summed E-state index contributed by atoms with van der Waals surface area (Å²) in [5.41, 5.74) is 0.770. The molecule has 1 saturated heterocycles. The highest BCUT2D eigenvalue weighted by molar-refractivity contribution is 7.99. The lowest BCUT2D eigenvalue weighted by Crippen LogP contribution is -2.36. The topological polar surface area (TPSA) is 50.4 Å². The van der Waals surface area contributed by atoms with Crippen molar-refractivity contribution in [3.8, 4) is 5.75 Å². The lowest BCUT2D eigenvalue weighted by molar-refractivity contribution is -0.114. The number of hydrogen-bond donors (Lipinski definition) is 2. The second kappa shape index (κ2) is 8.17. The molecule has 2 N–H and O–H groups in total. The van der Waals surface area contributed by atoms with Crippen molar-refractivity contribution in [2.24, 2.45) is 0 Å². The van der Waals surface area contributed by atoms with Gasteiger partial charge >= 0.3 is 0 Å². The van der Waals surface area contributed by atoms with Crippen molar-refractivity contribution in [2.45, 2.75) is 25.8 Å². The first-order chi connectivity index (χ1) is 9.74. The number of rotatable bonds is 6. The average Bonchev–Trinajstić information content (AvgIpc) is 2.44. The zero-order valence-electron chi connectivity index (χ0n) is 11.9. The molecule has 1 unspecified atom stereocenters. The largest absolute Gasteiger partial charge is 0.492 e. The van der Waals surface area contributed by atoms with Gasteiger partial charge in [-0.2, -0.15) is 11.8 Å². The Labute approximate surface area is 124 Å². The molecule has 2 rings (SSSR count). The second-order valence-electron chi connectivity index (χ2n) is 4.93. The van der Waals surface area contributed by atoms with Crippen LogP contribution in [-0.2, 0) is 4.79 Å². The minimum absolute atomic E-state index is 0.0707. The molecule has 0 bridgehead atoms. The van der Waals surface area contributed by atoms with Crippen LogP contribution in [0.3, 0.4) is 0 Å². The van der Waals surface area contributed by atoms with Crippen molar-refractivity contribution in [1.29, 1.82) is 0 Å². The standard InChI is InChI=1S/C15H22N2O2S/c1-12(18)17-13-4-2-6-15(10-13)19-8-7-16-14-5-3-9-20-11-14/h2,4,6,10,14,16H,3,5,7-9,11H2,1H3,(H,17,18). The highest BCUT2D eigenvalue weighted by atomic mass is 32.2. The highest BCUT2D eigenvalue weighted by Crippen LogP contribution is 2.18. The van der Waals surface area contributed by atoms with Gasteiger partial charge in [-0.15, -0.1) is 0 Å². The van der Waals surface area contributed by atoms with E-state index in [9.17, 15) is 4.79 Å². The molecule has 0 aromatic heterocycles. The zero-order valence-corrected chi connectivity index (χ0v) is 12.7. The molecule has 0 radical (unpaired) electrons. The summed E-state index contributed by atoms with van der Waals surface area (Å²) in [5, 5.41) is 6.27. The Kier molecular flexibility index (Phi) is 6.21. The van der Waals surface area contributed by atoms with Crippen molar-refractivity contribution < 1.29 is 9.53 Å². The molecular formula is C15H22N2O2S. The fraction of sp³-hybridized carbons (Fsp3) is 0.533. The number of ether oxygens (including phenoxy) is 1. The van der Waals surface area contributed by atoms with Gasteiger partial charge in [0.15, 0.2) is 0 Å². The molecule has 0 aliphatic carbocycles. The lowest BCUT2D eigenvalue weighted by atomic mass is 10.2. The van der Waals surface area contributed by atoms with Crippen LogP contribution < -0.4 is 15.4 Å². The number of thioether (sulfide) groups is 1. The summed E-state index contributed by atoms with van der Waals surface area (Å²) in [6, 6.07) is 8.11. The summed E-state index contributed by atoms with van der Waals surface area (Å²) >= 11 is 2.02. The summed E-state index contributed by atoms with van der Waals surface area (Å²) in [4.78, 5) is 11.0. The number of hydrogen-bond acceptors (Lipinski definition) is 4. The molecule has 1 atom stereocenters. The van der Waals surface area contributed by atoms with Crippen molar-refractivity contribution in [1.82, 2.24) is 5.32 Å². The first kappa shape index (κ1) is 15.2. The van der Waals surface area contributed by atoms with Gasteiger partial charge < -0.3 is 15.4 Å². The minimum atomic E-state index is -0.0707. The maximum atomic E-state index is 11.0. The van der Waals surface area contributed by atoms with E-state index in [1.165, 1.54) is 31.3 Å². The number of nitrogens with one attached hydrogen (secondary N) is 2. The molecule has 1 fully saturated rings. The van der Waals surface area contributed by atoms with Gasteiger partial charge in [0.05, 0.1) is 0 Å². The first-order valence-electron chi connectivity index (χ1n) is 7.05. The van der Waals surface area contributed by atoms with Crippen LogP contribution in [-0.4, -0.2) is 36.6 Å². The van der Waals surface area contributed by atoms with E-state index in [1.54, 1.807) is 0 Å². The Morgan fingerprint density at radius 1 is 1.50 bits per heavy atom. The molecular weight excluding hydrogens is 272 g/mol. The quantitative estimate of drug-likeness (QED) is 0.792. The van der Waals surface area contributed by atoms with E-state index < -0.39 is 0 Å². The SMILES string of the molecule is CC(=O)Nc1cccc(OCCNC2CCCSC2)c1. The van der Waals surface area contributed by atoms with Gasteiger partial charge in [-0.3, -0.25) is 4.79 Å². The maximum Gasteiger partial charge on any atom is 0.221 e. The van der Waals surface area contributed by atoms with Gasteiger partial charge in [0, 0.05) is 37.0 Å². The predicted molar refractivity (Wildman–Crippen MR) is 84.6 cm³/mol. The van der Waals surface area contributed by atoms with Crippen molar-refractivity contribution in [3.05, 3.63) is 24.3 Å². The predicted octanol–water partition coefficient (Wildman–Crippen LogP) is 2.51. The maximum absolute atomic E-state index is 11.0. The normalized spacial score (nSPS) is 18.6. The van der Waals surface area contributed by atoms with Crippen molar-refractivity contribution >= 4 is 23.4 Å². The van der Waals surface area contributed by atoms with E-state index >= 15 is 0 Å². The van der Waals surface area contributed by atoms with E-state index in [0.29, 0.717) is 12.6 Å². The van der Waals surface area contributed by atoms with Crippen LogP contribution in [0.1, 0.15) is 19.8 Å². The van der Waals surface area contributed by atoms with Crippen LogP contribution >= 0.6 is 11.8 Å². The molecule has 5 heteroatoms. The number of benzene rings is 1. The molecule has 1 heterocycles. The number of anilines is 1. The summed E-state index contributed by atoms with van der Waals surface area (Å²) in [6.07, 6.45) is 2.58. The smallest absolute Gasteiger partial charge is 0.221 e. The van der Waals surface area contributed by atoms with E-state index in [2.05, 4.69) is 10.6 Å². The average molecular weight is 294 g/mol. The highest BCUT2D eigenvalue weighted by Gasteiger charge is 2.12. The van der Waals surface area contributed by atoms with Crippen LogP contribution in [0, 0.1) is 0 Å². The molecule has 1 aliphatic heterocycles. The van der Waals surface area contributed by atoms with Crippen LogP contribution in [0.2, 0.25) is 0 Å². The number of carbonyl (C=O) groups is 1. The summed E-state index contributed by atoms with van der Waals surface area (Å²) in [7, 11) is 0. The van der Waals surface area contributed by atoms with Crippen molar-refractivity contribution in [3.63, 3.8) is 0 Å². The van der Waals surface area contributed by atoms with Crippen LogP contribution in [0.15, 0.2) is 24.3 Å². The summed E-state index contributed by atoms with van der Waals surface area (Å²) in [6.45, 7) is 3.00. The van der Waals surface area contributed by atoms with Gasteiger partial charge in [0.25, 0.3) is 0 Å². The van der Waals surface area contributed by atoms with E-state index in [-0.39, 0.29) is 5.91 Å². The summed E-state index contributed by atoms with van der Waals surface area (Å²) in [5.74, 6) is 3.22. The third kappa shape index (κ3) is 5.43. The van der Waals surface area contributed by atoms with E-state index in [4.69, 9.17) is 4.74 Å². The van der Waals surface area contributed by atoms with Crippen LogP contribution in [0.4, 0.5) is 5.69 Å². The Balaban J connectivity index is 1.69. The third-order valence-electron chi connectivity index (χ3n) is 3.12. The molecule has 0 saturated carbocycles. The molecule has 1 aliphatic rings. The molecule has 1 amide bonds. The van der Waals surface area contributed by atoms with Gasteiger partial charge in [-0.25, -0.2) is 0 Å². The van der Waals surface area contributed by atoms with Crippen molar-refractivity contribution in [2.75, 3.05) is 30.0 Å².